The van der Waals surface area contributed by atoms with Crippen molar-refractivity contribution in [3.8, 4) is 0 Å². The van der Waals surface area contributed by atoms with Crippen LogP contribution in [-0.2, 0) is 4.79 Å². The maximum absolute atomic E-state index is 11.8. The summed E-state index contributed by atoms with van der Waals surface area (Å²) in [7, 11) is 0. The summed E-state index contributed by atoms with van der Waals surface area (Å²) < 4.78 is 0. The maximum Gasteiger partial charge on any atom is 0.321 e. The molecule has 23 heavy (non-hydrogen) atoms. The van der Waals surface area contributed by atoms with Crippen molar-refractivity contribution in [3.63, 3.8) is 0 Å². The number of amides is 3. The molecule has 122 valence electrons. The van der Waals surface area contributed by atoms with Gasteiger partial charge in [0, 0.05) is 11.1 Å². The van der Waals surface area contributed by atoms with Crippen molar-refractivity contribution in [3.05, 3.63) is 23.2 Å². The molecule has 0 radical (unpaired) electrons. The number of rotatable bonds is 4. The van der Waals surface area contributed by atoms with Gasteiger partial charge in [0.05, 0.1) is 16.8 Å². The number of carbonyl (C=O) groups is 2. The summed E-state index contributed by atoms with van der Waals surface area (Å²) in [6.45, 7) is 0. The highest BCUT2D eigenvalue weighted by Crippen LogP contribution is 2.22. The van der Waals surface area contributed by atoms with Crippen molar-refractivity contribution < 1.29 is 9.59 Å². The van der Waals surface area contributed by atoms with Gasteiger partial charge in [-0.1, -0.05) is 36.2 Å². The van der Waals surface area contributed by atoms with E-state index in [0.717, 1.165) is 36.7 Å². The van der Waals surface area contributed by atoms with Crippen LogP contribution in [-0.4, -0.2) is 33.7 Å². The lowest BCUT2D eigenvalue weighted by Crippen LogP contribution is -2.44. The minimum Gasteiger partial charge on any atom is -0.335 e. The Hall–Kier alpha value is -1.73. The zero-order chi connectivity index (χ0) is 16.2. The fourth-order valence-corrected chi connectivity index (χ4v) is 3.47. The van der Waals surface area contributed by atoms with Crippen molar-refractivity contribution >= 4 is 46.3 Å². The number of nitrogens with one attached hydrogen (secondary N) is 3. The number of halogens is 1. The number of fused-ring (bicyclic) bond motifs is 1. The van der Waals surface area contributed by atoms with E-state index in [9.17, 15) is 9.59 Å². The van der Waals surface area contributed by atoms with Crippen LogP contribution in [0.15, 0.2) is 23.4 Å². The largest absolute Gasteiger partial charge is 0.335 e. The third-order valence-corrected chi connectivity index (χ3v) is 4.81. The van der Waals surface area contributed by atoms with Crippen LogP contribution in [0.5, 0.6) is 0 Å². The van der Waals surface area contributed by atoms with Crippen LogP contribution in [0.1, 0.15) is 25.7 Å². The lowest BCUT2D eigenvalue weighted by Gasteiger charge is -2.11. The van der Waals surface area contributed by atoms with Gasteiger partial charge in [-0.25, -0.2) is 9.78 Å². The molecule has 1 aliphatic rings. The van der Waals surface area contributed by atoms with Gasteiger partial charge in [0.15, 0.2) is 5.16 Å². The van der Waals surface area contributed by atoms with Gasteiger partial charge in [-0.05, 0) is 31.0 Å². The first-order valence-electron chi connectivity index (χ1n) is 7.48. The number of hydrogen-bond donors (Lipinski definition) is 3. The second kappa shape index (κ2) is 7.23. The molecule has 1 heterocycles. The van der Waals surface area contributed by atoms with E-state index < -0.39 is 6.03 Å². The van der Waals surface area contributed by atoms with E-state index in [1.54, 1.807) is 12.1 Å². The first kappa shape index (κ1) is 16.1. The van der Waals surface area contributed by atoms with Crippen LogP contribution in [0, 0.1) is 0 Å². The monoisotopic (exact) mass is 352 g/mol. The summed E-state index contributed by atoms with van der Waals surface area (Å²) in [4.78, 5) is 31.0. The maximum atomic E-state index is 11.8. The molecule has 0 atom stereocenters. The van der Waals surface area contributed by atoms with Crippen LogP contribution >= 0.6 is 23.4 Å². The first-order valence-corrected chi connectivity index (χ1v) is 8.85. The molecule has 0 bridgehead atoms. The Labute approximate surface area is 142 Å². The van der Waals surface area contributed by atoms with Gasteiger partial charge in [0.25, 0.3) is 0 Å². The van der Waals surface area contributed by atoms with E-state index in [1.165, 1.54) is 11.8 Å². The average Bonchev–Trinajstić information content (AvgIpc) is 3.13. The molecule has 0 spiro atoms. The number of nitrogens with zero attached hydrogens (tertiary/aromatic N) is 1. The van der Waals surface area contributed by atoms with Crippen molar-refractivity contribution in [1.29, 1.82) is 0 Å². The third kappa shape index (κ3) is 4.39. The molecule has 0 aliphatic heterocycles. The van der Waals surface area contributed by atoms with Crippen molar-refractivity contribution in [2.24, 2.45) is 0 Å². The molecule has 3 amide bonds. The summed E-state index contributed by atoms with van der Waals surface area (Å²) >= 11 is 7.16. The number of carbonyl (C=O) groups excluding carboxylic acids is 2. The summed E-state index contributed by atoms with van der Waals surface area (Å²) in [6.07, 6.45) is 4.23. The Kier molecular flexibility index (Phi) is 5.07. The molecule has 2 aromatic rings. The standard InChI is InChI=1S/C15H17ClN4O2S/c16-9-5-6-11-12(7-9)19-15(18-11)23-8-13(21)20-14(22)17-10-3-1-2-4-10/h5-7,10H,1-4,8H2,(H,18,19)(H2,17,20,21,22). The van der Waals surface area contributed by atoms with Gasteiger partial charge in [-0.2, -0.15) is 0 Å². The first-order chi connectivity index (χ1) is 11.1. The Morgan fingerprint density at radius 2 is 2.13 bits per heavy atom. The summed E-state index contributed by atoms with van der Waals surface area (Å²) in [6, 6.07) is 5.13. The number of imide groups is 1. The predicted octanol–water partition coefficient (Wildman–Crippen LogP) is 3.08. The quantitative estimate of drug-likeness (QED) is 0.738. The topological polar surface area (TPSA) is 86.9 Å². The Morgan fingerprint density at radius 3 is 2.91 bits per heavy atom. The molecule has 8 heteroatoms. The van der Waals surface area contributed by atoms with E-state index in [-0.39, 0.29) is 17.7 Å². The molecule has 0 saturated heterocycles. The van der Waals surface area contributed by atoms with Gasteiger partial charge in [0.2, 0.25) is 5.91 Å². The lowest BCUT2D eigenvalue weighted by molar-refractivity contribution is -0.117. The van der Waals surface area contributed by atoms with Crippen LogP contribution in [0.4, 0.5) is 4.79 Å². The fraction of sp³-hybridized carbons (Fsp3) is 0.400. The third-order valence-electron chi connectivity index (χ3n) is 3.71. The second-order valence-electron chi connectivity index (χ2n) is 5.50. The van der Waals surface area contributed by atoms with Crippen LogP contribution in [0.2, 0.25) is 5.02 Å². The van der Waals surface area contributed by atoms with Crippen LogP contribution in [0.25, 0.3) is 11.0 Å². The molecular weight excluding hydrogens is 336 g/mol. The van der Waals surface area contributed by atoms with E-state index in [4.69, 9.17) is 11.6 Å². The second-order valence-corrected chi connectivity index (χ2v) is 6.90. The molecule has 1 fully saturated rings. The number of hydrogen-bond acceptors (Lipinski definition) is 4. The SMILES string of the molecule is O=C(CSc1nc2ccc(Cl)cc2[nH]1)NC(=O)NC1CCCC1. The van der Waals surface area contributed by atoms with Gasteiger partial charge in [0.1, 0.15) is 0 Å². The Bertz CT molecular complexity index is 727. The Balaban J connectivity index is 1.48. The number of urea groups is 1. The molecule has 1 saturated carbocycles. The van der Waals surface area contributed by atoms with E-state index >= 15 is 0 Å². The molecular formula is C15H17ClN4O2S. The zero-order valence-electron chi connectivity index (χ0n) is 12.4. The van der Waals surface area contributed by atoms with Crippen molar-refractivity contribution in [1.82, 2.24) is 20.6 Å². The molecule has 1 aromatic carbocycles. The normalized spacial score (nSPS) is 15.0. The number of benzene rings is 1. The number of thioether (sulfide) groups is 1. The van der Waals surface area contributed by atoms with Crippen LogP contribution in [0.3, 0.4) is 0 Å². The highest BCUT2D eigenvalue weighted by Gasteiger charge is 2.18. The van der Waals surface area contributed by atoms with Crippen molar-refractivity contribution in [2.75, 3.05) is 5.75 Å². The number of aromatic nitrogens is 2. The minimum atomic E-state index is -0.418. The van der Waals surface area contributed by atoms with E-state index in [0.29, 0.717) is 10.2 Å². The lowest BCUT2D eigenvalue weighted by atomic mass is 10.2. The summed E-state index contributed by atoms with van der Waals surface area (Å²) in [5.41, 5.74) is 1.61. The smallest absolute Gasteiger partial charge is 0.321 e. The van der Waals surface area contributed by atoms with E-state index in [2.05, 4.69) is 20.6 Å². The molecule has 3 N–H and O–H groups in total. The summed E-state index contributed by atoms with van der Waals surface area (Å²) in [5.74, 6) is -0.227. The molecule has 1 aliphatic carbocycles. The highest BCUT2D eigenvalue weighted by molar-refractivity contribution is 7.99. The van der Waals surface area contributed by atoms with Gasteiger partial charge < -0.3 is 10.3 Å². The molecule has 3 rings (SSSR count). The highest BCUT2D eigenvalue weighted by atomic mass is 35.5. The predicted molar refractivity (Wildman–Crippen MR) is 90.8 cm³/mol. The fourth-order valence-electron chi connectivity index (χ4n) is 2.62. The number of imidazole rings is 1. The zero-order valence-corrected chi connectivity index (χ0v) is 14.0. The van der Waals surface area contributed by atoms with Gasteiger partial charge in [-0.3, -0.25) is 10.1 Å². The summed E-state index contributed by atoms with van der Waals surface area (Å²) in [5, 5.41) is 6.41. The molecule has 0 unspecified atom stereocenters. The Morgan fingerprint density at radius 1 is 1.35 bits per heavy atom. The average molecular weight is 353 g/mol. The van der Waals surface area contributed by atoms with E-state index in [1.807, 2.05) is 6.07 Å². The van der Waals surface area contributed by atoms with Gasteiger partial charge in [-0.15, -0.1) is 0 Å². The molecule has 6 nitrogen and oxygen atoms in total. The number of aromatic amines is 1. The van der Waals surface area contributed by atoms with Gasteiger partial charge >= 0.3 is 6.03 Å². The molecule has 1 aromatic heterocycles. The number of H-pyrrole nitrogens is 1. The van der Waals surface area contributed by atoms with Crippen molar-refractivity contribution in [2.45, 2.75) is 36.9 Å². The minimum absolute atomic E-state index is 0.117. The van der Waals surface area contributed by atoms with Crippen LogP contribution < -0.4 is 10.6 Å².